The highest BCUT2D eigenvalue weighted by Crippen LogP contribution is 2.19. The number of amides is 1. The van der Waals surface area contributed by atoms with Crippen LogP contribution in [0.3, 0.4) is 0 Å². The van der Waals surface area contributed by atoms with Gasteiger partial charge in [-0.3, -0.25) is 4.79 Å². The third-order valence-electron chi connectivity index (χ3n) is 3.17. The molecular weight excluding hydrogens is 343 g/mol. The van der Waals surface area contributed by atoms with E-state index in [1.54, 1.807) is 0 Å². The van der Waals surface area contributed by atoms with Crippen LogP contribution in [0, 0.1) is 9.49 Å². The molecule has 1 atom stereocenters. The van der Waals surface area contributed by atoms with E-state index < -0.39 is 6.04 Å². The van der Waals surface area contributed by atoms with Gasteiger partial charge in [0.2, 0.25) is 5.91 Å². The van der Waals surface area contributed by atoms with Gasteiger partial charge >= 0.3 is 0 Å². The van der Waals surface area contributed by atoms with Crippen molar-refractivity contribution in [2.75, 3.05) is 18.5 Å². The molecule has 1 aromatic rings. The number of anilines is 1. The van der Waals surface area contributed by atoms with Crippen LogP contribution in [-0.2, 0) is 9.53 Å². The number of nitrogens with one attached hydrogen (secondary N) is 1. The lowest BCUT2D eigenvalue weighted by molar-refractivity contribution is -0.119. The molecule has 5 heteroatoms. The average Bonchev–Trinajstić information content (AvgIpc) is 2.39. The highest BCUT2D eigenvalue weighted by Gasteiger charge is 2.26. The molecule has 0 aliphatic carbocycles. The van der Waals surface area contributed by atoms with Crippen molar-refractivity contribution in [3.05, 3.63) is 27.8 Å². The first-order chi connectivity index (χ1) is 8.66. The van der Waals surface area contributed by atoms with E-state index in [1.807, 2.05) is 24.3 Å². The molecule has 3 N–H and O–H groups in total. The SMILES string of the molecule is NC(C(=O)Nc1cccc(I)c1)C1CCOCC1. The third kappa shape index (κ3) is 3.66. The normalized spacial score (nSPS) is 18.3. The smallest absolute Gasteiger partial charge is 0.241 e. The average molecular weight is 360 g/mol. The molecule has 0 saturated carbocycles. The molecule has 1 heterocycles. The number of hydrogen-bond donors (Lipinski definition) is 2. The molecule has 4 nitrogen and oxygen atoms in total. The summed E-state index contributed by atoms with van der Waals surface area (Å²) in [5.74, 6) is 0.116. The second kappa shape index (κ2) is 6.49. The largest absolute Gasteiger partial charge is 0.381 e. The van der Waals surface area contributed by atoms with Gasteiger partial charge in [-0.2, -0.15) is 0 Å². The van der Waals surface area contributed by atoms with E-state index in [1.165, 1.54) is 0 Å². The first-order valence-corrected chi connectivity index (χ1v) is 7.14. The topological polar surface area (TPSA) is 64.4 Å². The summed E-state index contributed by atoms with van der Waals surface area (Å²) in [4.78, 5) is 12.0. The van der Waals surface area contributed by atoms with Crippen LogP contribution in [0.25, 0.3) is 0 Å². The van der Waals surface area contributed by atoms with E-state index in [-0.39, 0.29) is 11.8 Å². The second-order valence-corrected chi connectivity index (χ2v) is 5.72. The van der Waals surface area contributed by atoms with Crippen LogP contribution < -0.4 is 11.1 Å². The number of carbonyl (C=O) groups excluding carboxylic acids is 1. The Morgan fingerprint density at radius 1 is 1.44 bits per heavy atom. The van der Waals surface area contributed by atoms with E-state index >= 15 is 0 Å². The highest BCUT2D eigenvalue weighted by molar-refractivity contribution is 14.1. The van der Waals surface area contributed by atoms with E-state index in [2.05, 4.69) is 27.9 Å². The number of halogens is 1. The zero-order valence-corrected chi connectivity index (χ0v) is 12.2. The van der Waals surface area contributed by atoms with Gasteiger partial charge in [0.15, 0.2) is 0 Å². The number of benzene rings is 1. The zero-order chi connectivity index (χ0) is 13.0. The molecule has 1 unspecified atom stereocenters. The van der Waals surface area contributed by atoms with Gasteiger partial charge in [-0.15, -0.1) is 0 Å². The van der Waals surface area contributed by atoms with Crippen LogP contribution in [-0.4, -0.2) is 25.2 Å². The summed E-state index contributed by atoms with van der Waals surface area (Å²) in [5, 5.41) is 2.87. The van der Waals surface area contributed by atoms with E-state index in [0.717, 1.165) is 22.1 Å². The molecule has 1 saturated heterocycles. The molecule has 1 aromatic carbocycles. The van der Waals surface area contributed by atoms with Gasteiger partial charge in [-0.25, -0.2) is 0 Å². The minimum absolute atomic E-state index is 0.107. The maximum absolute atomic E-state index is 12.0. The number of nitrogens with two attached hydrogens (primary N) is 1. The fourth-order valence-electron chi connectivity index (χ4n) is 2.08. The Morgan fingerprint density at radius 2 is 2.17 bits per heavy atom. The number of ether oxygens (including phenoxy) is 1. The molecule has 98 valence electrons. The molecule has 2 rings (SSSR count). The number of rotatable bonds is 3. The Balaban J connectivity index is 1.94. The van der Waals surface area contributed by atoms with Crippen molar-refractivity contribution in [3.8, 4) is 0 Å². The van der Waals surface area contributed by atoms with Gasteiger partial charge in [-0.05, 0) is 59.5 Å². The van der Waals surface area contributed by atoms with E-state index in [9.17, 15) is 4.79 Å². The maximum Gasteiger partial charge on any atom is 0.241 e. The van der Waals surface area contributed by atoms with Crippen molar-refractivity contribution in [3.63, 3.8) is 0 Å². The Morgan fingerprint density at radius 3 is 2.83 bits per heavy atom. The Hall–Kier alpha value is -0.660. The molecule has 0 radical (unpaired) electrons. The van der Waals surface area contributed by atoms with Gasteiger partial charge < -0.3 is 15.8 Å². The summed E-state index contributed by atoms with van der Waals surface area (Å²) in [5.41, 5.74) is 6.81. The van der Waals surface area contributed by atoms with Gasteiger partial charge in [0.1, 0.15) is 0 Å². The Kier molecular flexibility index (Phi) is 4.96. The fraction of sp³-hybridized carbons (Fsp3) is 0.462. The van der Waals surface area contributed by atoms with Crippen molar-refractivity contribution < 1.29 is 9.53 Å². The summed E-state index contributed by atoms with van der Waals surface area (Å²) in [7, 11) is 0. The summed E-state index contributed by atoms with van der Waals surface area (Å²) in [6, 6.07) is 7.24. The minimum Gasteiger partial charge on any atom is -0.381 e. The van der Waals surface area contributed by atoms with Crippen LogP contribution in [0.4, 0.5) is 5.69 Å². The fourth-order valence-corrected chi connectivity index (χ4v) is 2.62. The van der Waals surface area contributed by atoms with Gasteiger partial charge in [-0.1, -0.05) is 6.07 Å². The third-order valence-corrected chi connectivity index (χ3v) is 3.84. The predicted molar refractivity (Wildman–Crippen MR) is 79.3 cm³/mol. The molecule has 18 heavy (non-hydrogen) atoms. The van der Waals surface area contributed by atoms with Crippen molar-refractivity contribution >= 4 is 34.2 Å². The number of hydrogen-bond acceptors (Lipinski definition) is 3. The van der Waals surface area contributed by atoms with Gasteiger partial charge in [0.05, 0.1) is 6.04 Å². The molecule has 0 bridgehead atoms. The van der Waals surface area contributed by atoms with Crippen LogP contribution in [0.1, 0.15) is 12.8 Å². The van der Waals surface area contributed by atoms with Crippen molar-refractivity contribution in [2.45, 2.75) is 18.9 Å². The minimum atomic E-state index is -0.452. The zero-order valence-electron chi connectivity index (χ0n) is 10.1. The summed E-state index contributed by atoms with van der Waals surface area (Å²) < 4.78 is 6.36. The van der Waals surface area contributed by atoms with Crippen molar-refractivity contribution in [2.24, 2.45) is 11.7 Å². The lowest BCUT2D eigenvalue weighted by Crippen LogP contribution is -2.44. The monoisotopic (exact) mass is 360 g/mol. The van der Waals surface area contributed by atoms with Crippen molar-refractivity contribution in [1.82, 2.24) is 0 Å². The lowest BCUT2D eigenvalue weighted by atomic mass is 9.92. The molecule has 1 aliphatic rings. The molecule has 1 amide bonds. The van der Waals surface area contributed by atoms with Crippen LogP contribution in [0.15, 0.2) is 24.3 Å². The van der Waals surface area contributed by atoms with E-state index in [0.29, 0.717) is 13.2 Å². The maximum atomic E-state index is 12.0. The van der Waals surface area contributed by atoms with Gasteiger partial charge in [0.25, 0.3) is 0 Å². The molecule has 0 aromatic heterocycles. The predicted octanol–water partition coefficient (Wildman–Crippen LogP) is 1.98. The highest BCUT2D eigenvalue weighted by atomic mass is 127. The molecular formula is C13H17IN2O2. The first kappa shape index (κ1) is 13.8. The quantitative estimate of drug-likeness (QED) is 0.811. The van der Waals surface area contributed by atoms with Crippen LogP contribution >= 0.6 is 22.6 Å². The van der Waals surface area contributed by atoms with E-state index in [4.69, 9.17) is 10.5 Å². The number of carbonyl (C=O) groups is 1. The lowest BCUT2D eigenvalue weighted by Gasteiger charge is -2.26. The summed E-state index contributed by atoms with van der Waals surface area (Å²) in [6.45, 7) is 1.41. The summed E-state index contributed by atoms with van der Waals surface area (Å²) in [6.07, 6.45) is 1.72. The molecule has 0 spiro atoms. The van der Waals surface area contributed by atoms with Gasteiger partial charge in [0, 0.05) is 22.5 Å². The second-order valence-electron chi connectivity index (χ2n) is 4.48. The Labute approximate surface area is 120 Å². The Bertz CT molecular complexity index is 419. The molecule has 1 aliphatic heterocycles. The summed E-state index contributed by atoms with van der Waals surface area (Å²) >= 11 is 2.21. The van der Waals surface area contributed by atoms with Crippen molar-refractivity contribution in [1.29, 1.82) is 0 Å². The van der Waals surface area contributed by atoms with Crippen LogP contribution in [0.5, 0.6) is 0 Å². The van der Waals surface area contributed by atoms with Crippen LogP contribution in [0.2, 0.25) is 0 Å². The first-order valence-electron chi connectivity index (χ1n) is 6.06. The standard InChI is InChI=1S/C13H17IN2O2/c14-10-2-1-3-11(8-10)16-13(17)12(15)9-4-6-18-7-5-9/h1-3,8-9,12H,4-7,15H2,(H,16,17). The molecule has 1 fully saturated rings.